The molecule has 3 N–H and O–H groups in total. The molecule has 3 rings (SSSR count). The van der Waals surface area contributed by atoms with Gasteiger partial charge < -0.3 is 15.7 Å². The van der Waals surface area contributed by atoms with Crippen molar-refractivity contribution in [2.24, 2.45) is 5.73 Å². The van der Waals surface area contributed by atoms with Crippen molar-refractivity contribution in [1.82, 2.24) is 14.4 Å². The molecule has 0 aliphatic carbocycles. The molecule has 1 aromatic carbocycles. The minimum atomic E-state index is -0.654. The van der Waals surface area contributed by atoms with E-state index < -0.39 is 11.6 Å². The maximum atomic E-state index is 13.3. The van der Waals surface area contributed by atoms with Gasteiger partial charge in [0.25, 0.3) is 0 Å². The molecule has 0 saturated carbocycles. The molecule has 0 amide bonds. The maximum Gasteiger partial charge on any atom is 0.211 e. The van der Waals surface area contributed by atoms with Crippen LogP contribution in [0.3, 0.4) is 0 Å². The van der Waals surface area contributed by atoms with E-state index in [1.54, 1.807) is 18.5 Å². The fraction of sp³-hybridized carbons (Fsp3) is 0.250. The monoisotopic (exact) mass is 315 g/mol. The Kier molecular flexibility index (Phi) is 4.12. The molecule has 0 aliphatic rings. The fourth-order valence-corrected chi connectivity index (χ4v) is 2.50. The largest absolute Gasteiger partial charge is 0.505 e. The quantitative estimate of drug-likeness (QED) is 0.753. The first-order valence-electron chi connectivity index (χ1n) is 7.34. The molecule has 2 aromatic heterocycles. The zero-order chi connectivity index (χ0) is 16.4. The SMILES string of the molecule is CN(CCCN)c1ncc(-c2ccc(F)c(O)c2)c2nccn12. The van der Waals surface area contributed by atoms with Crippen molar-refractivity contribution in [1.29, 1.82) is 0 Å². The number of phenolic OH excluding ortho intramolecular Hbond substituents is 1. The summed E-state index contributed by atoms with van der Waals surface area (Å²) in [4.78, 5) is 10.9. The number of aromatic nitrogens is 3. The zero-order valence-corrected chi connectivity index (χ0v) is 12.8. The number of nitrogens with two attached hydrogens (primary N) is 1. The van der Waals surface area contributed by atoms with Crippen LogP contribution in [0.1, 0.15) is 6.42 Å². The number of phenols is 1. The molecule has 0 spiro atoms. The van der Waals surface area contributed by atoms with Gasteiger partial charge in [-0.1, -0.05) is 6.07 Å². The van der Waals surface area contributed by atoms with Gasteiger partial charge in [-0.05, 0) is 30.7 Å². The molecule has 2 heterocycles. The van der Waals surface area contributed by atoms with Crippen molar-refractivity contribution < 1.29 is 9.50 Å². The molecule has 0 bridgehead atoms. The van der Waals surface area contributed by atoms with Gasteiger partial charge in [-0.25, -0.2) is 14.4 Å². The van der Waals surface area contributed by atoms with Crippen molar-refractivity contribution in [3.8, 4) is 16.9 Å². The van der Waals surface area contributed by atoms with E-state index in [2.05, 4.69) is 9.97 Å². The van der Waals surface area contributed by atoms with Gasteiger partial charge in [-0.3, -0.25) is 4.40 Å². The first-order valence-corrected chi connectivity index (χ1v) is 7.34. The highest BCUT2D eigenvalue weighted by Gasteiger charge is 2.14. The number of imidazole rings is 1. The predicted molar refractivity (Wildman–Crippen MR) is 87.0 cm³/mol. The lowest BCUT2D eigenvalue weighted by Gasteiger charge is -2.19. The van der Waals surface area contributed by atoms with Gasteiger partial charge in [-0.2, -0.15) is 0 Å². The van der Waals surface area contributed by atoms with Gasteiger partial charge in [-0.15, -0.1) is 0 Å². The number of hydrogen-bond donors (Lipinski definition) is 2. The zero-order valence-electron chi connectivity index (χ0n) is 12.8. The van der Waals surface area contributed by atoms with E-state index in [9.17, 15) is 9.50 Å². The molecule has 6 nitrogen and oxygen atoms in total. The van der Waals surface area contributed by atoms with Crippen molar-refractivity contribution in [2.45, 2.75) is 6.42 Å². The summed E-state index contributed by atoms with van der Waals surface area (Å²) in [6.45, 7) is 1.40. The summed E-state index contributed by atoms with van der Waals surface area (Å²) in [5, 5.41) is 9.58. The third-order valence-electron chi connectivity index (χ3n) is 3.70. The minimum absolute atomic E-state index is 0.392. The number of rotatable bonds is 5. The predicted octanol–water partition coefficient (Wildman–Crippen LogP) is 2.03. The van der Waals surface area contributed by atoms with Crippen LogP contribution in [-0.4, -0.2) is 39.6 Å². The van der Waals surface area contributed by atoms with Crippen molar-refractivity contribution in [3.05, 3.63) is 42.6 Å². The molecule has 0 saturated heterocycles. The number of benzene rings is 1. The second-order valence-corrected chi connectivity index (χ2v) is 5.32. The van der Waals surface area contributed by atoms with Gasteiger partial charge in [0.05, 0.1) is 0 Å². The Balaban J connectivity index is 2.07. The summed E-state index contributed by atoms with van der Waals surface area (Å²) in [6.07, 6.45) is 6.05. The lowest BCUT2D eigenvalue weighted by Crippen LogP contribution is -2.24. The first-order chi connectivity index (χ1) is 11.1. The van der Waals surface area contributed by atoms with Crippen LogP contribution in [0.4, 0.5) is 10.3 Å². The minimum Gasteiger partial charge on any atom is -0.505 e. The molecular weight excluding hydrogens is 297 g/mol. The smallest absolute Gasteiger partial charge is 0.211 e. The topological polar surface area (TPSA) is 79.7 Å². The van der Waals surface area contributed by atoms with Crippen LogP contribution in [0.2, 0.25) is 0 Å². The second kappa shape index (κ2) is 6.21. The Hall–Kier alpha value is -2.67. The molecule has 23 heavy (non-hydrogen) atoms. The third kappa shape index (κ3) is 2.83. The van der Waals surface area contributed by atoms with Crippen molar-refractivity contribution >= 4 is 11.6 Å². The average molecular weight is 315 g/mol. The van der Waals surface area contributed by atoms with E-state index in [0.717, 1.165) is 24.5 Å². The molecule has 0 radical (unpaired) electrons. The summed E-state index contributed by atoms with van der Waals surface area (Å²) < 4.78 is 15.1. The molecule has 3 aromatic rings. The molecule has 0 fully saturated rings. The van der Waals surface area contributed by atoms with Crippen LogP contribution in [0.5, 0.6) is 5.75 Å². The number of anilines is 1. The van der Waals surface area contributed by atoms with Crippen LogP contribution in [0, 0.1) is 5.82 Å². The number of fused-ring (bicyclic) bond motifs is 1. The average Bonchev–Trinajstić information content (AvgIpc) is 3.04. The summed E-state index contributed by atoms with van der Waals surface area (Å²) in [7, 11) is 1.95. The molecule has 120 valence electrons. The summed E-state index contributed by atoms with van der Waals surface area (Å²) in [5.74, 6) is -0.295. The summed E-state index contributed by atoms with van der Waals surface area (Å²) in [6, 6.07) is 4.20. The van der Waals surface area contributed by atoms with Gasteiger partial charge in [0.2, 0.25) is 5.95 Å². The van der Waals surface area contributed by atoms with Crippen molar-refractivity contribution in [3.63, 3.8) is 0 Å². The third-order valence-corrected chi connectivity index (χ3v) is 3.70. The summed E-state index contributed by atoms with van der Waals surface area (Å²) >= 11 is 0. The Bertz CT molecular complexity index is 832. The highest BCUT2D eigenvalue weighted by atomic mass is 19.1. The Morgan fingerprint density at radius 1 is 1.35 bits per heavy atom. The van der Waals surface area contributed by atoms with E-state index in [0.29, 0.717) is 17.8 Å². The Labute approximate surface area is 133 Å². The Morgan fingerprint density at radius 3 is 2.91 bits per heavy atom. The lowest BCUT2D eigenvalue weighted by atomic mass is 10.1. The highest BCUT2D eigenvalue weighted by molar-refractivity contribution is 5.78. The number of halogens is 1. The van der Waals surface area contributed by atoms with E-state index in [-0.39, 0.29) is 0 Å². The van der Waals surface area contributed by atoms with Gasteiger partial charge in [0, 0.05) is 37.7 Å². The lowest BCUT2D eigenvalue weighted by molar-refractivity contribution is 0.433. The molecular formula is C16H18FN5O. The van der Waals surface area contributed by atoms with Gasteiger partial charge in [0.15, 0.2) is 11.6 Å². The van der Waals surface area contributed by atoms with Crippen LogP contribution in [0.25, 0.3) is 16.8 Å². The standard InChI is InChI=1S/C16H18FN5O/c1-21(7-2-5-18)16-20-10-12(15-19-6-8-22(15)16)11-3-4-13(17)14(23)9-11/h3-4,6,8-10,23H,2,5,7,18H2,1H3. The highest BCUT2D eigenvalue weighted by Crippen LogP contribution is 2.29. The Morgan fingerprint density at radius 2 is 2.17 bits per heavy atom. The number of hydrogen-bond acceptors (Lipinski definition) is 5. The van der Waals surface area contributed by atoms with E-state index >= 15 is 0 Å². The maximum absolute atomic E-state index is 13.3. The van der Waals surface area contributed by atoms with Crippen LogP contribution < -0.4 is 10.6 Å². The van der Waals surface area contributed by atoms with Crippen LogP contribution in [-0.2, 0) is 0 Å². The molecule has 0 unspecified atom stereocenters. The molecule has 0 atom stereocenters. The molecule has 7 heteroatoms. The first kappa shape index (κ1) is 15.2. The van der Waals surface area contributed by atoms with E-state index in [1.807, 2.05) is 22.5 Å². The van der Waals surface area contributed by atoms with Crippen LogP contribution >= 0.6 is 0 Å². The van der Waals surface area contributed by atoms with E-state index in [4.69, 9.17) is 5.73 Å². The van der Waals surface area contributed by atoms with E-state index in [1.165, 1.54) is 12.1 Å². The second-order valence-electron chi connectivity index (χ2n) is 5.32. The molecule has 0 aliphatic heterocycles. The van der Waals surface area contributed by atoms with Crippen molar-refractivity contribution in [2.75, 3.05) is 25.0 Å². The summed E-state index contributed by atoms with van der Waals surface area (Å²) in [5.41, 5.74) is 7.63. The fourth-order valence-electron chi connectivity index (χ4n) is 2.50. The van der Waals surface area contributed by atoms with Gasteiger partial charge >= 0.3 is 0 Å². The van der Waals surface area contributed by atoms with Crippen LogP contribution in [0.15, 0.2) is 36.8 Å². The number of aromatic hydroxyl groups is 1. The number of nitrogens with zero attached hydrogens (tertiary/aromatic N) is 4. The normalized spacial score (nSPS) is 11.1. The van der Waals surface area contributed by atoms with Gasteiger partial charge in [0.1, 0.15) is 5.65 Å².